The Morgan fingerprint density at radius 1 is 1.12 bits per heavy atom. The molecule has 0 fully saturated rings. The molecule has 0 aliphatic carbocycles. The van der Waals surface area contributed by atoms with Gasteiger partial charge in [-0.25, -0.2) is 0 Å². The van der Waals surface area contributed by atoms with E-state index in [1.807, 2.05) is 0 Å². The Hall–Kier alpha value is -1.38. The van der Waals surface area contributed by atoms with Crippen molar-refractivity contribution < 1.29 is 17.8 Å². The number of hydrogen-bond acceptors (Lipinski definition) is 3. The summed E-state index contributed by atoms with van der Waals surface area (Å²) < 4.78 is 29.9. The first-order valence-corrected chi connectivity index (χ1v) is 9.30. The smallest absolute Gasteiger partial charge is 0.287 e. The Kier molecular flexibility index (Phi) is 7.92. The summed E-state index contributed by atoms with van der Waals surface area (Å²) in [6.07, 6.45) is 1.23. The van der Waals surface area contributed by atoms with E-state index in [1.165, 1.54) is 6.08 Å². The summed E-state index contributed by atoms with van der Waals surface area (Å²) >= 11 is 14.6. The van der Waals surface area contributed by atoms with Gasteiger partial charge in [0.15, 0.2) is 0 Å². The highest BCUT2D eigenvalue weighted by Gasteiger charge is 2.05. The first-order valence-electron chi connectivity index (χ1n) is 6.25. The van der Waals surface area contributed by atoms with Crippen LogP contribution in [0, 0.1) is 0 Å². The molecule has 0 spiro atoms. The van der Waals surface area contributed by atoms with Crippen LogP contribution in [0.2, 0.25) is 10.0 Å². The van der Waals surface area contributed by atoms with E-state index in [0.717, 1.165) is 4.47 Å². The van der Waals surface area contributed by atoms with Gasteiger partial charge in [-0.15, -0.1) is 0 Å². The summed E-state index contributed by atoms with van der Waals surface area (Å²) in [6.45, 7) is 0. The number of rotatable bonds is 3. The third-order valence-corrected chi connectivity index (χ3v) is 4.15. The Morgan fingerprint density at radius 3 is 2.25 bits per heavy atom. The number of primary amides is 1. The molecule has 1 amide bonds. The van der Waals surface area contributed by atoms with Crippen molar-refractivity contribution in [1.29, 1.82) is 0 Å². The minimum atomic E-state index is -4.08. The van der Waals surface area contributed by atoms with Gasteiger partial charge in [0.05, 0.1) is 16.0 Å². The molecule has 3 N–H and O–H groups in total. The topological polar surface area (TPSA) is 97.5 Å². The van der Waals surface area contributed by atoms with E-state index in [-0.39, 0.29) is 0 Å². The molecule has 5 nitrogen and oxygen atoms in total. The molecule has 0 bridgehead atoms. The molecule has 0 saturated heterocycles. The quantitative estimate of drug-likeness (QED) is 0.674. The van der Waals surface area contributed by atoms with Crippen molar-refractivity contribution in [3.05, 3.63) is 73.5 Å². The van der Waals surface area contributed by atoms with E-state index in [1.54, 1.807) is 42.5 Å². The fraction of sp³-hybridized carbons (Fsp3) is 0. The monoisotopic (exact) mass is 451 g/mol. The average molecular weight is 453 g/mol. The van der Waals surface area contributed by atoms with Gasteiger partial charge in [-0.05, 0) is 35.9 Å². The van der Waals surface area contributed by atoms with Crippen LogP contribution in [0.25, 0.3) is 6.08 Å². The molecule has 9 heteroatoms. The van der Waals surface area contributed by atoms with E-state index in [9.17, 15) is 13.2 Å². The number of benzene rings is 2. The molecule has 0 aliphatic heterocycles. The van der Waals surface area contributed by atoms with Crippen molar-refractivity contribution in [2.75, 3.05) is 0 Å². The fourth-order valence-electron chi connectivity index (χ4n) is 1.46. The highest BCUT2D eigenvalue weighted by atomic mass is 79.9. The Labute approximate surface area is 158 Å². The Balaban J connectivity index is 0.000000243. The summed E-state index contributed by atoms with van der Waals surface area (Å²) in [5.41, 5.74) is 5.91. The Bertz CT molecular complexity index is 870. The predicted octanol–water partition coefficient (Wildman–Crippen LogP) is 4.40. The molecule has 0 aliphatic rings. The SMILES string of the molecule is NC(=O)c1ccc(Br)cc1Cl.O=S(=O)(O)/C=C/c1ccccc1Cl. The molecular formula is C15H12BrCl2NO4S. The van der Waals surface area contributed by atoms with Crippen LogP contribution in [-0.4, -0.2) is 18.9 Å². The summed E-state index contributed by atoms with van der Waals surface area (Å²) in [7, 11) is -4.08. The summed E-state index contributed by atoms with van der Waals surface area (Å²) in [4.78, 5) is 10.7. The zero-order chi connectivity index (χ0) is 18.3. The summed E-state index contributed by atoms with van der Waals surface area (Å²) in [5.74, 6) is -0.512. The van der Waals surface area contributed by atoms with E-state index in [0.29, 0.717) is 26.6 Å². The Morgan fingerprint density at radius 2 is 1.75 bits per heavy atom. The average Bonchev–Trinajstić information content (AvgIpc) is 2.45. The minimum absolute atomic E-state index is 0.342. The van der Waals surface area contributed by atoms with Crippen LogP contribution in [-0.2, 0) is 10.1 Å². The summed E-state index contributed by atoms with van der Waals surface area (Å²) in [5, 5.41) is 1.49. The highest BCUT2D eigenvalue weighted by molar-refractivity contribution is 9.10. The molecule has 0 atom stereocenters. The fourth-order valence-corrected chi connectivity index (χ4v) is 2.74. The molecule has 0 radical (unpaired) electrons. The third-order valence-electron chi connectivity index (χ3n) is 2.52. The molecule has 128 valence electrons. The summed E-state index contributed by atoms with van der Waals surface area (Å²) in [6, 6.07) is 11.6. The second-order valence-electron chi connectivity index (χ2n) is 4.33. The lowest BCUT2D eigenvalue weighted by atomic mass is 10.2. The van der Waals surface area contributed by atoms with Crippen LogP contribution in [0.4, 0.5) is 0 Å². The first kappa shape index (κ1) is 20.7. The van der Waals surface area contributed by atoms with Crippen molar-refractivity contribution in [2.24, 2.45) is 5.73 Å². The van der Waals surface area contributed by atoms with Gasteiger partial charge in [-0.1, -0.05) is 57.3 Å². The number of amides is 1. The zero-order valence-corrected chi connectivity index (χ0v) is 15.9. The first-order chi connectivity index (χ1) is 11.1. The number of hydrogen-bond donors (Lipinski definition) is 2. The normalized spacial score (nSPS) is 11.0. The second-order valence-corrected chi connectivity index (χ2v) is 7.36. The molecule has 0 heterocycles. The van der Waals surface area contributed by atoms with Crippen LogP contribution in [0.15, 0.2) is 52.3 Å². The van der Waals surface area contributed by atoms with E-state index in [4.69, 9.17) is 33.5 Å². The lowest BCUT2D eigenvalue weighted by molar-refractivity contribution is 0.100. The predicted molar refractivity (Wildman–Crippen MR) is 99.7 cm³/mol. The number of carbonyl (C=O) groups excluding carboxylic acids is 1. The van der Waals surface area contributed by atoms with Crippen LogP contribution in [0.5, 0.6) is 0 Å². The van der Waals surface area contributed by atoms with E-state index >= 15 is 0 Å². The van der Waals surface area contributed by atoms with Crippen LogP contribution in [0.3, 0.4) is 0 Å². The van der Waals surface area contributed by atoms with Gasteiger partial charge in [0.1, 0.15) is 0 Å². The van der Waals surface area contributed by atoms with Gasteiger partial charge in [-0.3, -0.25) is 9.35 Å². The molecule has 0 aromatic heterocycles. The minimum Gasteiger partial charge on any atom is -0.366 e. The van der Waals surface area contributed by atoms with Gasteiger partial charge in [0, 0.05) is 9.50 Å². The van der Waals surface area contributed by atoms with Crippen molar-refractivity contribution in [1.82, 2.24) is 0 Å². The van der Waals surface area contributed by atoms with Gasteiger partial charge < -0.3 is 5.73 Å². The van der Waals surface area contributed by atoms with Crippen molar-refractivity contribution >= 4 is 61.2 Å². The van der Waals surface area contributed by atoms with Crippen LogP contribution < -0.4 is 5.73 Å². The maximum Gasteiger partial charge on any atom is 0.287 e. The standard InChI is InChI=1S/C8H7ClO3S.C7H5BrClNO/c9-8-4-2-1-3-7(8)5-6-13(10,11)12;8-4-1-2-5(7(10)11)6(9)3-4/h1-6H,(H,10,11,12);1-3H,(H2,10,11)/b6-5+;. The van der Waals surface area contributed by atoms with Crippen LogP contribution >= 0.6 is 39.1 Å². The van der Waals surface area contributed by atoms with Gasteiger partial charge in [0.2, 0.25) is 5.91 Å². The largest absolute Gasteiger partial charge is 0.366 e. The highest BCUT2D eigenvalue weighted by Crippen LogP contribution is 2.20. The molecule has 2 aromatic carbocycles. The molecule has 2 aromatic rings. The zero-order valence-electron chi connectivity index (χ0n) is 12.0. The maximum absolute atomic E-state index is 10.7. The number of halogens is 3. The second kappa shape index (κ2) is 9.19. The van der Waals surface area contributed by atoms with Crippen molar-refractivity contribution in [3.63, 3.8) is 0 Å². The van der Waals surface area contributed by atoms with E-state index in [2.05, 4.69) is 15.9 Å². The lowest BCUT2D eigenvalue weighted by Crippen LogP contribution is -2.11. The molecule has 2 rings (SSSR count). The molecule has 0 saturated carbocycles. The molecular weight excluding hydrogens is 441 g/mol. The van der Waals surface area contributed by atoms with Gasteiger partial charge in [0.25, 0.3) is 10.1 Å². The molecule has 0 unspecified atom stereocenters. The van der Waals surface area contributed by atoms with Crippen molar-refractivity contribution in [3.8, 4) is 0 Å². The van der Waals surface area contributed by atoms with Gasteiger partial charge >= 0.3 is 0 Å². The van der Waals surface area contributed by atoms with Gasteiger partial charge in [-0.2, -0.15) is 8.42 Å². The molecule has 24 heavy (non-hydrogen) atoms. The lowest BCUT2D eigenvalue weighted by Gasteiger charge is -1.98. The number of nitrogens with two attached hydrogens (primary N) is 1. The van der Waals surface area contributed by atoms with Crippen molar-refractivity contribution in [2.45, 2.75) is 0 Å². The maximum atomic E-state index is 10.7. The number of carbonyl (C=O) groups is 1. The van der Waals surface area contributed by atoms with Crippen LogP contribution in [0.1, 0.15) is 15.9 Å². The third kappa shape index (κ3) is 7.46. The van der Waals surface area contributed by atoms with E-state index < -0.39 is 16.0 Å².